The number of carbonyl (C=O) groups excluding carboxylic acids is 3. The first-order valence-corrected chi connectivity index (χ1v) is 33.1. The van der Waals surface area contributed by atoms with E-state index in [1.54, 1.807) is 34.7 Å². The number of hydroxylamine groups is 3. The number of ether oxygens (including phenoxy) is 1. The van der Waals surface area contributed by atoms with Crippen molar-refractivity contribution >= 4 is 69.0 Å². The Hall–Kier alpha value is -8.92. The number of nitrogens with one attached hydrogen (secondary N) is 3. The van der Waals surface area contributed by atoms with E-state index < -0.39 is 17.7 Å². The van der Waals surface area contributed by atoms with Crippen LogP contribution in [0, 0.1) is 0 Å². The standard InChI is InChI=1S/C26H33N5O2.C25H30N4O2.C24H29N3O3/c1-29-16-18-30(19-17-29)14-5-15-31-24-11-8-22(10-13-26(32)28-33)20-23(24)27-25(31)12-9-21-6-3-2-4-7-21;30-25(27-31)14-11-21-9-12-23-22(19-21)26-24(13-10-20-7-2-1-3-8-20)29(23)18-6-17-28-15-4-5-16-28;1-18(2)30-16-6-15-27-22-12-9-20(11-14-24(28)26-29)17-21(22)25-23(27)13-10-19-7-4-3-5-8-19/h2-4,6-8,10-11,13,20,33H,5,9,12,14-19H2,1H3,(H,28,32);1-3,7-9,11-12,14,19,31H,4-6,10,13,15-18H2,(H,27,30);3-5,7-9,11-12,14,17-18,29H,6,10,13,15-16H2,1-2H3,(H,26,28)/b13-10+;2*14-11+. The first kappa shape index (κ1) is 69.4. The Morgan fingerprint density at radius 3 is 1.13 bits per heavy atom. The van der Waals surface area contributed by atoms with Gasteiger partial charge in [0.15, 0.2) is 0 Å². The maximum Gasteiger partial charge on any atom is 0.267 e. The molecule has 5 heterocycles. The van der Waals surface area contributed by atoms with Crippen molar-refractivity contribution in [1.29, 1.82) is 0 Å². The molecule has 0 radical (unpaired) electrons. The molecule has 9 aromatic rings. The van der Waals surface area contributed by atoms with Gasteiger partial charge in [0.05, 0.1) is 39.2 Å². The van der Waals surface area contributed by atoms with Gasteiger partial charge in [0.2, 0.25) is 0 Å². The van der Waals surface area contributed by atoms with Crippen molar-refractivity contribution in [3.8, 4) is 0 Å². The number of hydrogen-bond donors (Lipinski definition) is 6. The summed E-state index contributed by atoms with van der Waals surface area (Å²) in [5.74, 6) is 1.60. The molecule has 19 nitrogen and oxygen atoms in total. The number of likely N-dealkylation sites (N-methyl/N-ethyl adjacent to an activating group) is 1. The molecule has 494 valence electrons. The molecule has 94 heavy (non-hydrogen) atoms. The zero-order chi connectivity index (χ0) is 65.9. The second-order valence-electron chi connectivity index (χ2n) is 24.3. The molecule has 0 aliphatic carbocycles. The van der Waals surface area contributed by atoms with Crippen LogP contribution in [0.1, 0.15) is 96.8 Å². The average Bonchev–Trinajstić information content (AvgIpc) is 1.68. The highest BCUT2D eigenvalue weighted by atomic mass is 16.5. The third kappa shape index (κ3) is 21.3. The van der Waals surface area contributed by atoms with Gasteiger partial charge in [-0.25, -0.2) is 31.4 Å². The van der Waals surface area contributed by atoms with Gasteiger partial charge in [0.1, 0.15) is 17.5 Å². The lowest BCUT2D eigenvalue weighted by atomic mass is 10.1. The average molecular weight is 1270 g/mol. The third-order valence-electron chi connectivity index (χ3n) is 17.1. The minimum Gasteiger partial charge on any atom is -0.379 e. The molecule has 3 aromatic heterocycles. The smallest absolute Gasteiger partial charge is 0.267 e. The molecular formula is C75H92N12O7. The van der Waals surface area contributed by atoms with E-state index in [4.69, 9.17) is 35.3 Å². The van der Waals surface area contributed by atoms with Gasteiger partial charge in [-0.1, -0.05) is 109 Å². The van der Waals surface area contributed by atoms with Gasteiger partial charge in [-0.2, -0.15) is 0 Å². The molecular weight excluding hydrogens is 1180 g/mol. The van der Waals surface area contributed by atoms with E-state index in [-0.39, 0.29) is 6.10 Å². The number of imidazole rings is 3. The van der Waals surface area contributed by atoms with E-state index >= 15 is 0 Å². The number of nitrogens with zero attached hydrogens (tertiary/aromatic N) is 9. The highest BCUT2D eigenvalue weighted by Gasteiger charge is 2.18. The van der Waals surface area contributed by atoms with E-state index in [9.17, 15) is 14.4 Å². The number of aromatic nitrogens is 6. The fourth-order valence-electron chi connectivity index (χ4n) is 12.1. The molecule has 0 bridgehead atoms. The molecule has 3 amide bonds. The minimum absolute atomic E-state index is 0.229. The van der Waals surface area contributed by atoms with Crippen LogP contribution in [-0.4, -0.2) is 149 Å². The monoisotopic (exact) mass is 1270 g/mol. The van der Waals surface area contributed by atoms with Crippen LogP contribution in [0.4, 0.5) is 0 Å². The summed E-state index contributed by atoms with van der Waals surface area (Å²) in [5, 5.41) is 26.0. The number of rotatable bonds is 28. The molecule has 0 spiro atoms. The molecule has 2 aliphatic rings. The SMILES string of the molecule is CC(C)OCCCn1c(CCc2ccccc2)nc2cc(/C=C/C(=O)NO)ccc21.CN1CCN(CCCn2c(CCc3ccccc3)nc3cc(/C=C/C(=O)NO)ccc32)CC1.O=C(/C=C/c1ccc2c(c1)nc(CCc1ccccc1)n2CCCN1CCCC1)NO. The van der Waals surface area contributed by atoms with Gasteiger partial charge in [-0.05, 0) is 186 Å². The number of piperazine rings is 1. The van der Waals surface area contributed by atoms with Gasteiger partial charge < -0.3 is 33.1 Å². The highest BCUT2D eigenvalue weighted by Crippen LogP contribution is 2.25. The topological polar surface area (TPSA) is 220 Å². The van der Waals surface area contributed by atoms with Gasteiger partial charge in [0, 0.05) is 89.9 Å². The van der Waals surface area contributed by atoms with Crippen LogP contribution in [0.2, 0.25) is 0 Å². The molecule has 2 saturated heterocycles. The van der Waals surface area contributed by atoms with Crippen molar-refractivity contribution in [2.75, 3.05) is 66.0 Å². The lowest BCUT2D eigenvalue weighted by Gasteiger charge is -2.32. The van der Waals surface area contributed by atoms with Crippen molar-refractivity contribution in [1.82, 2.24) is 59.8 Å². The summed E-state index contributed by atoms with van der Waals surface area (Å²) in [4.78, 5) is 56.1. The van der Waals surface area contributed by atoms with E-state index in [1.165, 1.54) is 60.8 Å². The van der Waals surface area contributed by atoms with E-state index in [0.717, 1.165) is 184 Å². The predicted octanol–water partition coefficient (Wildman–Crippen LogP) is 11.0. The van der Waals surface area contributed by atoms with Crippen LogP contribution in [0.3, 0.4) is 0 Å². The van der Waals surface area contributed by atoms with Crippen molar-refractivity contribution in [3.05, 3.63) is 215 Å². The predicted molar refractivity (Wildman–Crippen MR) is 372 cm³/mol. The number of amides is 3. The van der Waals surface area contributed by atoms with Crippen LogP contribution in [0.25, 0.3) is 51.3 Å². The molecule has 6 aromatic carbocycles. The zero-order valence-corrected chi connectivity index (χ0v) is 54.7. The molecule has 11 rings (SSSR count). The van der Waals surface area contributed by atoms with Crippen LogP contribution in [0.15, 0.2) is 164 Å². The Balaban J connectivity index is 0.000000166. The van der Waals surface area contributed by atoms with Gasteiger partial charge in [0.25, 0.3) is 17.7 Å². The summed E-state index contributed by atoms with van der Waals surface area (Å²) in [6.07, 6.45) is 20.4. The third-order valence-corrected chi connectivity index (χ3v) is 17.1. The Morgan fingerprint density at radius 2 is 0.787 bits per heavy atom. The van der Waals surface area contributed by atoms with E-state index in [2.05, 4.69) is 120 Å². The van der Waals surface area contributed by atoms with Crippen LogP contribution in [0.5, 0.6) is 0 Å². The summed E-state index contributed by atoms with van der Waals surface area (Å²) < 4.78 is 12.7. The van der Waals surface area contributed by atoms with Crippen molar-refractivity contribution in [2.24, 2.45) is 0 Å². The number of benzene rings is 6. The number of carbonyl (C=O) groups is 3. The molecule has 0 unspecified atom stereocenters. The highest BCUT2D eigenvalue weighted by molar-refractivity contribution is 5.93. The Labute approximate surface area is 552 Å². The second kappa shape index (κ2) is 36.5. The summed E-state index contributed by atoms with van der Waals surface area (Å²) >= 11 is 0. The fourth-order valence-corrected chi connectivity index (χ4v) is 12.1. The second-order valence-corrected chi connectivity index (χ2v) is 24.3. The largest absolute Gasteiger partial charge is 0.379 e. The fraction of sp³-hybridized carbons (Fsp3) is 0.360. The van der Waals surface area contributed by atoms with Crippen LogP contribution < -0.4 is 16.4 Å². The summed E-state index contributed by atoms with van der Waals surface area (Å²) in [6.45, 7) is 16.8. The normalized spacial score (nSPS) is 13.9. The maximum atomic E-state index is 11.3. The zero-order valence-electron chi connectivity index (χ0n) is 54.7. The summed E-state index contributed by atoms with van der Waals surface area (Å²) in [5.41, 5.74) is 17.5. The summed E-state index contributed by atoms with van der Waals surface area (Å²) in [6, 6.07) is 49.6. The van der Waals surface area contributed by atoms with Crippen molar-refractivity contribution in [3.63, 3.8) is 0 Å². The molecule has 2 fully saturated rings. The maximum absolute atomic E-state index is 11.3. The Kier molecular flexibility index (Phi) is 27.0. The van der Waals surface area contributed by atoms with Gasteiger partial charge >= 0.3 is 0 Å². The number of likely N-dealkylation sites (tertiary alicyclic amines) is 1. The Morgan fingerprint density at radius 1 is 0.447 bits per heavy atom. The quantitative estimate of drug-likeness (QED) is 0.0116. The number of aryl methyl sites for hydroxylation is 9. The first-order chi connectivity index (χ1) is 45.9. The van der Waals surface area contributed by atoms with Gasteiger partial charge in [-0.15, -0.1) is 0 Å². The molecule has 0 atom stereocenters. The molecule has 2 aliphatic heterocycles. The van der Waals surface area contributed by atoms with Crippen molar-refractivity contribution in [2.45, 2.75) is 110 Å². The Bertz CT molecular complexity index is 3920. The lowest BCUT2D eigenvalue weighted by Crippen LogP contribution is -2.44. The van der Waals surface area contributed by atoms with Gasteiger partial charge in [-0.3, -0.25) is 30.0 Å². The molecule has 19 heteroatoms. The summed E-state index contributed by atoms with van der Waals surface area (Å²) in [7, 11) is 2.19. The minimum atomic E-state index is -0.561. The van der Waals surface area contributed by atoms with Crippen molar-refractivity contribution < 1.29 is 34.7 Å². The molecule has 6 N–H and O–H groups in total. The first-order valence-electron chi connectivity index (χ1n) is 33.1. The molecule has 0 saturated carbocycles. The number of fused-ring (bicyclic) bond motifs is 3. The van der Waals surface area contributed by atoms with Crippen LogP contribution >= 0.6 is 0 Å². The lowest BCUT2D eigenvalue weighted by molar-refractivity contribution is -0.124. The van der Waals surface area contributed by atoms with Crippen LogP contribution in [-0.2, 0) is 77.3 Å². The van der Waals surface area contributed by atoms with E-state index in [1.807, 2.05) is 74.5 Å². The number of hydrogen-bond acceptors (Lipinski definition) is 13. The van der Waals surface area contributed by atoms with E-state index in [0.29, 0.717) is 6.61 Å².